The lowest BCUT2D eigenvalue weighted by Crippen LogP contribution is -2.56. The van der Waals surface area contributed by atoms with E-state index in [4.69, 9.17) is 0 Å². The largest absolute Gasteiger partial charge is 0.315 e. The Morgan fingerprint density at radius 2 is 1.70 bits per heavy atom. The number of nitrogens with one attached hydrogen (secondary N) is 1. The molecule has 1 aliphatic heterocycles. The van der Waals surface area contributed by atoms with Crippen molar-refractivity contribution in [1.29, 1.82) is 0 Å². The van der Waals surface area contributed by atoms with E-state index in [1.807, 2.05) is 0 Å². The van der Waals surface area contributed by atoms with Crippen molar-refractivity contribution >= 4 is 10.0 Å². The molecule has 120 valence electrons. The maximum Gasteiger partial charge on any atom is 0.214 e. The zero-order valence-corrected chi connectivity index (χ0v) is 14.4. The van der Waals surface area contributed by atoms with Crippen molar-refractivity contribution in [3.63, 3.8) is 0 Å². The molecule has 1 heterocycles. The monoisotopic (exact) mass is 305 g/mol. The highest BCUT2D eigenvalue weighted by Gasteiger charge is 2.32. The number of unbranched alkanes of at least 4 members (excludes halogenated alkanes) is 1. The van der Waals surface area contributed by atoms with Gasteiger partial charge in [-0.3, -0.25) is 4.90 Å². The summed E-state index contributed by atoms with van der Waals surface area (Å²) in [5.74, 6) is 0.274. The molecule has 0 saturated carbocycles. The molecule has 0 aromatic rings. The van der Waals surface area contributed by atoms with E-state index in [0.29, 0.717) is 19.1 Å². The number of sulfonamides is 1. The second kappa shape index (κ2) is 7.73. The Hall–Kier alpha value is -0.170. The summed E-state index contributed by atoms with van der Waals surface area (Å²) in [5.41, 5.74) is 0. The third-order valence-electron chi connectivity index (χ3n) is 4.10. The Morgan fingerprint density at radius 3 is 2.20 bits per heavy atom. The molecule has 20 heavy (non-hydrogen) atoms. The zero-order chi connectivity index (χ0) is 15.3. The van der Waals surface area contributed by atoms with Crippen LogP contribution in [0.2, 0.25) is 0 Å². The van der Waals surface area contributed by atoms with E-state index in [9.17, 15) is 8.42 Å². The quantitative estimate of drug-likeness (QED) is 0.716. The van der Waals surface area contributed by atoms with Gasteiger partial charge in [0.1, 0.15) is 0 Å². The number of nitrogens with zero attached hydrogens (tertiary/aromatic N) is 2. The fourth-order valence-corrected chi connectivity index (χ4v) is 4.23. The summed E-state index contributed by atoms with van der Waals surface area (Å²) in [6.07, 6.45) is 1.65. The molecule has 0 spiro atoms. The van der Waals surface area contributed by atoms with E-state index >= 15 is 0 Å². The molecule has 0 bridgehead atoms. The van der Waals surface area contributed by atoms with Crippen molar-refractivity contribution in [3.05, 3.63) is 0 Å². The number of rotatable bonds is 7. The number of piperazine rings is 1. The maximum absolute atomic E-state index is 12.4. The molecule has 0 aromatic heterocycles. The van der Waals surface area contributed by atoms with Crippen LogP contribution in [-0.4, -0.2) is 68.2 Å². The summed E-state index contributed by atoms with van der Waals surface area (Å²) < 4.78 is 26.4. The highest BCUT2D eigenvalue weighted by atomic mass is 32.2. The van der Waals surface area contributed by atoms with Gasteiger partial charge in [-0.25, -0.2) is 8.42 Å². The summed E-state index contributed by atoms with van der Waals surface area (Å²) in [4.78, 5) is 2.25. The fourth-order valence-electron chi connectivity index (χ4n) is 2.51. The minimum Gasteiger partial charge on any atom is -0.315 e. The Morgan fingerprint density at radius 1 is 1.15 bits per heavy atom. The smallest absolute Gasteiger partial charge is 0.214 e. The molecule has 5 nitrogen and oxygen atoms in total. The molecule has 1 fully saturated rings. The summed E-state index contributed by atoms with van der Waals surface area (Å²) in [5, 5.41) is 3.32. The Bertz CT molecular complexity index is 372. The van der Waals surface area contributed by atoms with E-state index < -0.39 is 10.0 Å². The standard InChI is InChI=1S/C14H31N3O2S/c1-12(2)15-8-6-7-9-20(18,19)17-10-13(3)16(5)14(4)11-17/h12-15H,6-11H2,1-5H3. The molecule has 0 amide bonds. The fraction of sp³-hybridized carbons (Fsp3) is 1.00. The van der Waals surface area contributed by atoms with Gasteiger partial charge in [0, 0.05) is 31.2 Å². The molecular weight excluding hydrogens is 274 g/mol. The van der Waals surface area contributed by atoms with Crippen molar-refractivity contribution < 1.29 is 8.42 Å². The van der Waals surface area contributed by atoms with Crippen LogP contribution in [0, 0.1) is 0 Å². The van der Waals surface area contributed by atoms with Gasteiger partial charge in [-0.15, -0.1) is 0 Å². The average molecular weight is 305 g/mol. The van der Waals surface area contributed by atoms with Gasteiger partial charge in [-0.1, -0.05) is 13.8 Å². The first-order valence-electron chi connectivity index (χ1n) is 7.67. The summed E-state index contributed by atoms with van der Waals surface area (Å²) in [7, 11) is -1.03. The van der Waals surface area contributed by atoms with Gasteiger partial charge < -0.3 is 5.32 Å². The first-order valence-corrected chi connectivity index (χ1v) is 9.28. The molecule has 6 heteroatoms. The number of likely N-dealkylation sites (N-methyl/N-ethyl adjacent to an activating group) is 1. The first-order chi connectivity index (χ1) is 9.24. The van der Waals surface area contributed by atoms with E-state index in [-0.39, 0.29) is 17.8 Å². The Labute approximate surface area is 124 Å². The van der Waals surface area contributed by atoms with Gasteiger partial charge >= 0.3 is 0 Å². The van der Waals surface area contributed by atoms with Crippen LogP contribution in [0.3, 0.4) is 0 Å². The van der Waals surface area contributed by atoms with E-state index in [2.05, 4.69) is 45.0 Å². The Kier molecular flexibility index (Phi) is 6.91. The minimum absolute atomic E-state index is 0.274. The Balaban J connectivity index is 2.40. The molecule has 0 aliphatic carbocycles. The topological polar surface area (TPSA) is 52.7 Å². The van der Waals surface area contributed by atoms with Gasteiger partial charge in [0.15, 0.2) is 0 Å². The normalized spacial score (nSPS) is 26.3. The summed E-state index contributed by atoms with van der Waals surface area (Å²) in [6, 6.07) is 1.04. The van der Waals surface area contributed by atoms with E-state index in [0.717, 1.165) is 19.4 Å². The lowest BCUT2D eigenvalue weighted by molar-refractivity contribution is 0.105. The second-order valence-corrected chi connectivity index (χ2v) is 8.40. The summed E-state index contributed by atoms with van der Waals surface area (Å²) >= 11 is 0. The molecule has 1 aliphatic rings. The van der Waals surface area contributed by atoms with Crippen molar-refractivity contribution in [1.82, 2.24) is 14.5 Å². The third kappa shape index (κ3) is 5.31. The zero-order valence-electron chi connectivity index (χ0n) is 13.6. The van der Waals surface area contributed by atoms with Crippen LogP contribution in [-0.2, 0) is 10.0 Å². The molecular formula is C14H31N3O2S. The van der Waals surface area contributed by atoms with Gasteiger partial charge in [0.25, 0.3) is 0 Å². The van der Waals surface area contributed by atoms with E-state index in [1.165, 1.54) is 0 Å². The molecule has 0 aromatic carbocycles. The molecule has 1 saturated heterocycles. The van der Waals surface area contributed by atoms with Gasteiger partial charge in [-0.2, -0.15) is 4.31 Å². The third-order valence-corrected chi connectivity index (χ3v) is 5.99. The van der Waals surface area contributed by atoms with Crippen molar-refractivity contribution in [3.8, 4) is 0 Å². The molecule has 0 radical (unpaired) electrons. The highest BCUT2D eigenvalue weighted by molar-refractivity contribution is 7.89. The molecule has 1 rings (SSSR count). The van der Waals surface area contributed by atoms with Crippen LogP contribution in [0.15, 0.2) is 0 Å². The number of hydrogen-bond acceptors (Lipinski definition) is 4. The van der Waals surface area contributed by atoms with Crippen molar-refractivity contribution in [2.45, 2.75) is 58.7 Å². The minimum atomic E-state index is -3.09. The van der Waals surface area contributed by atoms with Crippen LogP contribution in [0.1, 0.15) is 40.5 Å². The maximum atomic E-state index is 12.4. The van der Waals surface area contributed by atoms with Crippen LogP contribution in [0.5, 0.6) is 0 Å². The summed E-state index contributed by atoms with van der Waals surface area (Å²) in [6.45, 7) is 10.5. The van der Waals surface area contributed by atoms with E-state index in [1.54, 1.807) is 4.31 Å². The van der Waals surface area contributed by atoms with Gasteiger partial charge in [0.2, 0.25) is 10.0 Å². The van der Waals surface area contributed by atoms with Crippen LogP contribution >= 0.6 is 0 Å². The predicted octanol–water partition coefficient (Wildman–Crippen LogP) is 1.12. The molecule has 2 unspecified atom stereocenters. The van der Waals surface area contributed by atoms with Crippen molar-refractivity contribution in [2.75, 3.05) is 32.4 Å². The molecule has 1 N–H and O–H groups in total. The SMILES string of the molecule is CC(C)NCCCCS(=O)(=O)N1CC(C)N(C)C(C)C1. The lowest BCUT2D eigenvalue weighted by Gasteiger charge is -2.41. The predicted molar refractivity (Wildman–Crippen MR) is 84.4 cm³/mol. The van der Waals surface area contributed by atoms with Crippen molar-refractivity contribution in [2.24, 2.45) is 0 Å². The average Bonchev–Trinajstić information content (AvgIpc) is 2.34. The van der Waals surface area contributed by atoms with Crippen LogP contribution in [0.4, 0.5) is 0 Å². The number of hydrogen-bond donors (Lipinski definition) is 1. The second-order valence-electron chi connectivity index (χ2n) is 6.31. The first kappa shape index (κ1) is 17.9. The van der Waals surface area contributed by atoms with Gasteiger partial charge in [-0.05, 0) is 40.3 Å². The highest BCUT2D eigenvalue weighted by Crippen LogP contribution is 2.17. The lowest BCUT2D eigenvalue weighted by atomic mass is 10.1. The van der Waals surface area contributed by atoms with Crippen LogP contribution < -0.4 is 5.32 Å². The van der Waals surface area contributed by atoms with Crippen LogP contribution in [0.25, 0.3) is 0 Å². The van der Waals surface area contributed by atoms with Gasteiger partial charge in [0.05, 0.1) is 5.75 Å². The molecule has 2 atom stereocenters.